The van der Waals surface area contributed by atoms with Crippen molar-refractivity contribution in [2.75, 3.05) is 40.5 Å². The smallest absolute Gasteiger partial charge is 0.343 e. The molecule has 5 nitrogen and oxygen atoms in total. The van der Waals surface area contributed by atoms with Gasteiger partial charge in [-0.15, -0.1) is 0 Å². The van der Waals surface area contributed by atoms with Crippen molar-refractivity contribution < 1.29 is 14.4 Å². The van der Waals surface area contributed by atoms with Gasteiger partial charge in [-0.05, 0) is 0 Å². The first-order chi connectivity index (χ1) is 5.75. The van der Waals surface area contributed by atoms with Gasteiger partial charge in [0.1, 0.15) is 0 Å². The summed E-state index contributed by atoms with van der Waals surface area (Å²) in [5.41, 5.74) is 0. The van der Waals surface area contributed by atoms with Crippen LogP contribution in [0.5, 0.6) is 0 Å². The molecule has 0 aliphatic carbocycles. The predicted molar refractivity (Wildman–Crippen MR) is 42.6 cm³/mol. The molecular formula is C7H14N2O3. The lowest BCUT2D eigenvalue weighted by molar-refractivity contribution is -0.0824. The SMILES string of the molecule is CON(C)C(=O)N1CCOCC1. The van der Waals surface area contributed by atoms with E-state index in [1.165, 1.54) is 12.2 Å². The number of urea groups is 1. The van der Waals surface area contributed by atoms with Crippen molar-refractivity contribution in [3.63, 3.8) is 0 Å². The normalized spacial score (nSPS) is 17.7. The van der Waals surface area contributed by atoms with Gasteiger partial charge in [-0.3, -0.25) is 4.84 Å². The zero-order valence-corrected chi connectivity index (χ0v) is 7.45. The average Bonchev–Trinajstić information content (AvgIpc) is 2.17. The predicted octanol–water partition coefficient (Wildman–Crippen LogP) is -0.0682. The van der Waals surface area contributed by atoms with E-state index in [4.69, 9.17) is 9.57 Å². The van der Waals surface area contributed by atoms with Crippen LogP contribution in [0.2, 0.25) is 0 Å². The Balaban J connectivity index is 2.39. The first-order valence-corrected chi connectivity index (χ1v) is 3.90. The van der Waals surface area contributed by atoms with Crippen molar-refractivity contribution in [2.45, 2.75) is 0 Å². The number of hydroxylamine groups is 2. The zero-order valence-electron chi connectivity index (χ0n) is 7.45. The van der Waals surface area contributed by atoms with E-state index in [2.05, 4.69) is 0 Å². The first-order valence-electron chi connectivity index (χ1n) is 3.90. The van der Waals surface area contributed by atoms with Crippen LogP contribution in [-0.4, -0.2) is 56.5 Å². The molecular weight excluding hydrogens is 160 g/mol. The Bertz CT molecular complexity index is 157. The highest BCUT2D eigenvalue weighted by Gasteiger charge is 2.19. The van der Waals surface area contributed by atoms with Gasteiger partial charge in [0, 0.05) is 20.1 Å². The summed E-state index contributed by atoms with van der Waals surface area (Å²) in [5.74, 6) is 0. The van der Waals surface area contributed by atoms with Crippen LogP contribution in [0.4, 0.5) is 4.79 Å². The Morgan fingerprint density at radius 1 is 1.50 bits per heavy atom. The molecule has 0 radical (unpaired) electrons. The van der Waals surface area contributed by atoms with Crippen LogP contribution in [0, 0.1) is 0 Å². The average molecular weight is 174 g/mol. The van der Waals surface area contributed by atoms with Crippen LogP contribution < -0.4 is 0 Å². The Morgan fingerprint density at radius 3 is 2.58 bits per heavy atom. The van der Waals surface area contributed by atoms with E-state index < -0.39 is 0 Å². The summed E-state index contributed by atoms with van der Waals surface area (Å²) in [5, 5.41) is 1.21. The molecule has 1 aliphatic rings. The quantitative estimate of drug-likeness (QED) is 0.523. The van der Waals surface area contributed by atoms with Crippen LogP contribution in [0.15, 0.2) is 0 Å². The third-order valence-corrected chi connectivity index (χ3v) is 1.82. The summed E-state index contributed by atoms with van der Waals surface area (Å²) in [4.78, 5) is 17.9. The Morgan fingerprint density at radius 2 is 2.08 bits per heavy atom. The van der Waals surface area contributed by atoms with E-state index in [0.29, 0.717) is 26.3 Å². The van der Waals surface area contributed by atoms with E-state index in [9.17, 15) is 4.79 Å². The van der Waals surface area contributed by atoms with E-state index in [1.54, 1.807) is 11.9 Å². The number of amides is 2. The maximum absolute atomic E-state index is 11.4. The molecule has 1 fully saturated rings. The largest absolute Gasteiger partial charge is 0.378 e. The maximum atomic E-state index is 11.4. The standard InChI is InChI=1S/C7H14N2O3/c1-8(11-2)7(10)9-3-5-12-6-4-9/h3-6H2,1-2H3. The van der Waals surface area contributed by atoms with Crippen LogP contribution >= 0.6 is 0 Å². The monoisotopic (exact) mass is 174 g/mol. The minimum atomic E-state index is -0.110. The molecule has 0 aromatic rings. The van der Waals surface area contributed by atoms with Crippen molar-refractivity contribution in [1.29, 1.82) is 0 Å². The first kappa shape index (κ1) is 9.28. The highest BCUT2D eigenvalue weighted by atomic mass is 16.7. The van der Waals surface area contributed by atoms with E-state index in [0.717, 1.165) is 0 Å². The number of nitrogens with zero attached hydrogens (tertiary/aromatic N) is 2. The molecule has 1 rings (SSSR count). The van der Waals surface area contributed by atoms with Crippen LogP contribution in [0.1, 0.15) is 0 Å². The fourth-order valence-electron chi connectivity index (χ4n) is 1.03. The van der Waals surface area contributed by atoms with E-state index in [1.807, 2.05) is 0 Å². The molecule has 0 saturated carbocycles. The molecule has 70 valence electrons. The Labute approximate surface area is 71.8 Å². The molecule has 0 aromatic heterocycles. The van der Waals surface area contributed by atoms with Gasteiger partial charge in [-0.2, -0.15) is 0 Å². The molecule has 1 heterocycles. The summed E-state index contributed by atoms with van der Waals surface area (Å²) in [6.07, 6.45) is 0. The van der Waals surface area contributed by atoms with Gasteiger partial charge in [0.15, 0.2) is 0 Å². The number of hydrogen-bond acceptors (Lipinski definition) is 3. The molecule has 12 heavy (non-hydrogen) atoms. The number of hydrogen-bond donors (Lipinski definition) is 0. The van der Waals surface area contributed by atoms with Gasteiger partial charge in [-0.1, -0.05) is 0 Å². The molecule has 5 heteroatoms. The number of morpholine rings is 1. The van der Waals surface area contributed by atoms with Gasteiger partial charge in [0.2, 0.25) is 0 Å². The second kappa shape index (κ2) is 4.27. The van der Waals surface area contributed by atoms with Gasteiger partial charge < -0.3 is 9.64 Å². The van der Waals surface area contributed by atoms with Crippen molar-refractivity contribution in [3.05, 3.63) is 0 Å². The second-order valence-electron chi connectivity index (χ2n) is 2.56. The van der Waals surface area contributed by atoms with Crippen molar-refractivity contribution in [1.82, 2.24) is 9.96 Å². The van der Waals surface area contributed by atoms with Crippen molar-refractivity contribution >= 4 is 6.03 Å². The lowest BCUT2D eigenvalue weighted by Gasteiger charge is -2.29. The number of rotatable bonds is 1. The molecule has 0 unspecified atom stereocenters. The highest BCUT2D eigenvalue weighted by Crippen LogP contribution is 2.00. The summed E-state index contributed by atoms with van der Waals surface area (Å²) >= 11 is 0. The Kier molecular flexibility index (Phi) is 3.31. The number of carbonyl (C=O) groups is 1. The minimum Gasteiger partial charge on any atom is -0.378 e. The molecule has 0 spiro atoms. The third kappa shape index (κ3) is 2.09. The number of ether oxygens (including phenoxy) is 1. The molecule has 1 aliphatic heterocycles. The van der Waals surface area contributed by atoms with Gasteiger partial charge >= 0.3 is 6.03 Å². The lowest BCUT2D eigenvalue weighted by Crippen LogP contribution is -2.46. The van der Waals surface area contributed by atoms with Gasteiger partial charge in [0.25, 0.3) is 0 Å². The second-order valence-corrected chi connectivity index (χ2v) is 2.56. The summed E-state index contributed by atoms with van der Waals surface area (Å²) in [7, 11) is 3.07. The van der Waals surface area contributed by atoms with Crippen LogP contribution in [-0.2, 0) is 9.57 Å². The Hall–Kier alpha value is -0.810. The minimum absolute atomic E-state index is 0.110. The summed E-state index contributed by atoms with van der Waals surface area (Å²) < 4.78 is 5.11. The van der Waals surface area contributed by atoms with Crippen LogP contribution in [0.25, 0.3) is 0 Å². The summed E-state index contributed by atoms with van der Waals surface area (Å²) in [6, 6.07) is -0.110. The topological polar surface area (TPSA) is 42.0 Å². The molecule has 1 saturated heterocycles. The number of carbonyl (C=O) groups excluding carboxylic acids is 1. The van der Waals surface area contributed by atoms with Crippen molar-refractivity contribution in [3.8, 4) is 0 Å². The van der Waals surface area contributed by atoms with Gasteiger partial charge in [-0.25, -0.2) is 9.86 Å². The van der Waals surface area contributed by atoms with E-state index in [-0.39, 0.29) is 6.03 Å². The molecule has 2 amide bonds. The fraction of sp³-hybridized carbons (Fsp3) is 0.857. The fourth-order valence-corrected chi connectivity index (χ4v) is 1.03. The highest BCUT2D eigenvalue weighted by molar-refractivity contribution is 5.73. The zero-order chi connectivity index (χ0) is 8.97. The lowest BCUT2D eigenvalue weighted by atomic mass is 10.4. The molecule has 0 N–H and O–H groups in total. The molecule has 0 bridgehead atoms. The molecule has 0 aromatic carbocycles. The molecule has 0 atom stereocenters. The summed E-state index contributed by atoms with van der Waals surface area (Å²) in [6.45, 7) is 2.52. The van der Waals surface area contributed by atoms with Crippen molar-refractivity contribution in [2.24, 2.45) is 0 Å². The van der Waals surface area contributed by atoms with E-state index >= 15 is 0 Å². The van der Waals surface area contributed by atoms with Crippen LogP contribution in [0.3, 0.4) is 0 Å². The third-order valence-electron chi connectivity index (χ3n) is 1.82. The maximum Gasteiger partial charge on any atom is 0.343 e. The van der Waals surface area contributed by atoms with Gasteiger partial charge in [0.05, 0.1) is 20.3 Å².